The SMILES string of the molecule is COc1cc(C(C)C(=O)O)c(Br)cc1OCc1cc(Cl)cc2c1OC(C)(C)C2. The van der Waals surface area contributed by atoms with Crippen LogP contribution in [-0.2, 0) is 17.8 Å². The summed E-state index contributed by atoms with van der Waals surface area (Å²) in [4.78, 5) is 11.3. The Morgan fingerprint density at radius 1 is 1.32 bits per heavy atom. The Morgan fingerprint density at radius 2 is 2.04 bits per heavy atom. The lowest BCUT2D eigenvalue weighted by molar-refractivity contribution is -0.138. The third-order valence-electron chi connectivity index (χ3n) is 4.71. The van der Waals surface area contributed by atoms with E-state index in [1.807, 2.05) is 26.0 Å². The molecule has 1 unspecified atom stereocenters. The fourth-order valence-electron chi connectivity index (χ4n) is 3.30. The molecule has 1 heterocycles. The summed E-state index contributed by atoms with van der Waals surface area (Å²) in [6.07, 6.45) is 0.784. The second-order valence-electron chi connectivity index (χ2n) is 7.46. The smallest absolute Gasteiger partial charge is 0.310 e. The molecule has 2 aromatic rings. The molecule has 2 aromatic carbocycles. The second-order valence-corrected chi connectivity index (χ2v) is 8.76. The van der Waals surface area contributed by atoms with Crippen molar-refractivity contribution in [3.8, 4) is 17.2 Å². The highest BCUT2D eigenvalue weighted by Crippen LogP contribution is 2.41. The van der Waals surface area contributed by atoms with Crippen LogP contribution in [0.1, 0.15) is 43.4 Å². The van der Waals surface area contributed by atoms with E-state index in [0.717, 1.165) is 23.3 Å². The van der Waals surface area contributed by atoms with Crippen LogP contribution in [0.2, 0.25) is 5.02 Å². The Morgan fingerprint density at radius 3 is 2.68 bits per heavy atom. The van der Waals surface area contributed by atoms with Crippen molar-refractivity contribution in [3.05, 3.63) is 50.5 Å². The van der Waals surface area contributed by atoms with Crippen molar-refractivity contribution in [1.82, 2.24) is 0 Å². The molecule has 0 saturated carbocycles. The minimum atomic E-state index is -0.911. The number of hydrogen-bond acceptors (Lipinski definition) is 4. The Labute approximate surface area is 177 Å². The van der Waals surface area contributed by atoms with Crippen molar-refractivity contribution in [2.75, 3.05) is 7.11 Å². The molecular formula is C21H22BrClO5. The number of benzene rings is 2. The van der Waals surface area contributed by atoms with E-state index in [1.165, 1.54) is 7.11 Å². The summed E-state index contributed by atoms with van der Waals surface area (Å²) in [6.45, 7) is 5.94. The molecule has 1 N–H and O–H groups in total. The van der Waals surface area contributed by atoms with E-state index < -0.39 is 11.9 Å². The van der Waals surface area contributed by atoms with E-state index in [-0.39, 0.29) is 12.2 Å². The maximum Gasteiger partial charge on any atom is 0.310 e. The van der Waals surface area contributed by atoms with E-state index in [1.54, 1.807) is 19.1 Å². The molecule has 1 aliphatic heterocycles. The average molecular weight is 470 g/mol. The van der Waals surface area contributed by atoms with Gasteiger partial charge in [0, 0.05) is 21.5 Å². The molecule has 5 nitrogen and oxygen atoms in total. The molecule has 150 valence electrons. The van der Waals surface area contributed by atoms with E-state index >= 15 is 0 Å². The van der Waals surface area contributed by atoms with Gasteiger partial charge in [0.15, 0.2) is 11.5 Å². The number of aliphatic carboxylic acids is 1. The lowest BCUT2D eigenvalue weighted by Crippen LogP contribution is -2.25. The third kappa shape index (κ3) is 4.23. The first-order valence-corrected chi connectivity index (χ1v) is 10.0. The number of ether oxygens (including phenoxy) is 3. The number of carbonyl (C=O) groups is 1. The zero-order chi connectivity index (χ0) is 20.6. The number of hydrogen-bond donors (Lipinski definition) is 1. The zero-order valence-corrected chi connectivity index (χ0v) is 18.5. The minimum Gasteiger partial charge on any atom is -0.493 e. The van der Waals surface area contributed by atoms with Crippen molar-refractivity contribution >= 4 is 33.5 Å². The number of rotatable bonds is 6. The van der Waals surface area contributed by atoms with E-state index in [2.05, 4.69) is 15.9 Å². The molecule has 0 bridgehead atoms. The first-order valence-electron chi connectivity index (χ1n) is 8.84. The molecular weight excluding hydrogens is 448 g/mol. The van der Waals surface area contributed by atoms with Gasteiger partial charge in [-0.2, -0.15) is 0 Å². The van der Waals surface area contributed by atoms with Gasteiger partial charge in [0.1, 0.15) is 18.0 Å². The Hall–Kier alpha value is -1.92. The van der Waals surface area contributed by atoms with Gasteiger partial charge in [0.05, 0.1) is 13.0 Å². The highest BCUT2D eigenvalue weighted by molar-refractivity contribution is 9.10. The van der Waals surface area contributed by atoms with Gasteiger partial charge >= 0.3 is 5.97 Å². The van der Waals surface area contributed by atoms with Crippen molar-refractivity contribution in [2.24, 2.45) is 0 Å². The van der Waals surface area contributed by atoms with Crippen molar-refractivity contribution in [3.63, 3.8) is 0 Å². The van der Waals surface area contributed by atoms with Crippen LogP contribution in [0.4, 0.5) is 0 Å². The van der Waals surface area contributed by atoms with E-state index in [0.29, 0.717) is 26.6 Å². The molecule has 0 saturated heterocycles. The summed E-state index contributed by atoms with van der Waals surface area (Å²) < 4.78 is 18.1. The fourth-order valence-corrected chi connectivity index (χ4v) is 4.23. The van der Waals surface area contributed by atoms with Crippen LogP contribution in [0, 0.1) is 0 Å². The monoisotopic (exact) mass is 468 g/mol. The fraction of sp³-hybridized carbons (Fsp3) is 0.381. The second kappa shape index (κ2) is 7.84. The van der Waals surface area contributed by atoms with Gasteiger partial charge in [-0.25, -0.2) is 0 Å². The Bertz CT molecular complexity index is 925. The maximum atomic E-state index is 11.3. The first-order chi connectivity index (χ1) is 13.1. The third-order valence-corrected chi connectivity index (χ3v) is 5.61. The molecule has 3 rings (SSSR count). The van der Waals surface area contributed by atoms with Gasteiger partial charge in [-0.1, -0.05) is 27.5 Å². The van der Waals surface area contributed by atoms with Crippen LogP contribution >= 0.6 is 27.5 Å². The molecule has 0 aromatic heterocycles. The number of carboxylic acids is 1. The van der Waals surface area contributed by atoms with Crippen molar-refractivity contribution in [2.45, 2.75) is 45.3 Å². The summed E-state index contributed by atoms with van der Waals surface area (Å²) in [5.74, 6) is 0.186. The van der Waals surface area contributed by atoms with Crippen LogP contribution in [0.25, 0.3) is 0 Å². The lowest BCUT2D eigenvalue weighted by atomic mass is 10.0. The summed E-state index contributed by atoms with van der Waals surface area (Å²) in [5, 5.41) is 9.92. The highest BCUT2D eigenvalue weighted by atomic mass is 79.9. The van der Waals surface area contributed by atoms with Crippen LogP contribution in [0.15, 0.2) is 28.7 Å². The van der Waals surface area contributed by atoms with Gasteiger partial charge in [-0.05, 0) is 56.2 Å². The molecule has 28 heavy (non-hydrogen) atoms. The van der Waals surface area contributed by atoms with Gasteiger partial charge in [-0.15, -0.1) is 0 Å². The van der Waals surface area contributed by atoms with Crippen LogP contribution in [-0.4, -0.2) is 23.8 Å². The zero-order valence-electron chi connectivity index (χ0n) is 16.1. The minimum absolute atomic E-state index is 0.246. The molecule has 1 aliphatic rings. The lowest BCUT2D eigenvalue weighted by Gasteiger charge is -2.19. The van der Waals surface area contributed by atoms with Gasteiger partial charge < -0.3 is 19.3 Å². The topological polar surface area (TPSA) is 65.0 Å². The summed E-state index contributed by atoms with van der Waals surface area (Å²) in [7, 11) is 1.52. The van der Waals surface area contributed by atoms with Crippen LogP contribution in [0.5, 0.6) is 17.2 Å². The predicted molar refractivity (Wildman–Crippen MR) is 111 cm³/mol. The van der Waals surface area contributed by atoms with Crippen LogP contribution < -0.4 is 14.2 Å². The molecule has 0 amide bonds. The van der Waals surface area contributed by atoms with Crippen LogP contribution in [0.3, 0.4) is 0 Å². The predicted octanol–water partition coefficient (Wildman–Crippen LogP) is 5.59. The summed E-state index contributed by atoms with van der Waals surface area (Å²) >= 11 is 9.71. The number of halogens is 2. The standard InChI is InChI=1S/C21H22BrClO5/c1-11(20(24)25)15-7-17(26-4)18(8-16(15)22)27-10-13-6-14(23)5-12-9-21(2,3)28-19(12)13/h5-8,11H,9-10H2,1-4H3,(H,24,25). The Balaban J connectivity index is 1.88. The Kier molecular flexibility index (Phi) is 5.82. The first kappa shape index (κ1) is 20.8. The number of fused-ring (bicyclic) bond motifs is 1. The van der Waals surface area contributed by atoms with Crippen molar-refractivity contribution in [1.29, 1.82) is 0 Å². The van der Waals surface area contributed by atoms with Gasteiger partial charge in [0.2, 0.25) is 0 Å². The van der Waals surface area contributed by atoms with Gasteiger partial charge in [-0.3, -0.25) is 4.79 Å². The molecule has 1 atom stereocenters. The molecule has 7 heteroatoms. The molecule has 0 spiro atoms. The largest absolute Gasteiger partial charge is 0.493 e. The summed E-state index contributed by atoms with van der Waals surface area (Å²) in [6, 6.07) is 7.17. The molecule has 0 fully saturated rings. The van der Waals surface area contributed by atoms with E-state index in [9.17, 15) is 9.90 Å². The molecule has 0 radical (unpaired) electrons. The van der Waals surface area contributed by atoms with Gasteiger partial charge in [0.25, 0.3) is 0 Å². The van der Waals surface area contributed by atoms with E-state index in [4.69, 9.17) is 25.8 Å². The molecule has 0 aliphatic carbocycles. The number of methoxy groups -OCH3 is 1. The quantitative estimate of drug-likeness (QED) is 0.597. The highest BCUT2D eigenvalue weighted by Gasteiger charge is 2.32. The maximum absolute atomic E-state index is 11.3. The average Bonchev–Trinajstić information content (AvgIpc) is 2.92. The number of carboxylic acid groups (broad SMARTS) is 1. The van der Waals surface area contributed by atoms with Crippen molar-refractivity contribution < 1.29 is 24.1 Å². The normalized spacial score (nSPS) is 15.5. The summed E-state index contributed by atoms with van der Waals surface area (Å²) in [5.41, 5.74) is 2.26.